The molecule has 0 saturated heterocycles. The van der Waals surface area contributed by atoms with Crippen LogP contribution in [0.1, 0.15) is 28.8 Å². The first kappa shape index (κ1) is 21.2. The van der Waals surface area contributed by atoms with E-state index in [4.69, 9.17) is 0 Å². The summed E-state index contributed by atoms with van der Waals surface area (Å²) in [6, 6.07) is 2.54. The van der Waals surface area contributed by atoms with Gasteiger partial charge in [0.25, 0.3) is 0 Å². The first-order valence-corrected chi connectivity index (χ1v) is 8.43. The van der Waals surface area contributed by atoms with Crippen LogP contribution in [0.3, 0.4) is 0 Å². The fraction of sp³-hybridized carbons (Fsp3) is 0.375. The SMILES string of the molecule is Cc1csc(C(O)(CC(=O)NCC(O)c2ccc(F)c(F)c2)C(F)(F)F)n1. The maximum absolute atomic E-state index is 13.3. The molecule has 1 amide bonds. The van der Waals surface area contributed by atoms with E-state index in [0.717, 1.165) is 12.1 Å². The highest BCUT2D eigenvalue weighted by atomic mass is 32.1. The summed E-state index contributed by atoms with van der Waals surface area (Å²) in [6.45, 7) is 0.879. The van der Waals surface area contributed by atoms with Gasteiger partial charge in [-0.3, -0.25) is 4.79 Å². The number of hydrogen-bond donors (Lipinski definition) is 3. The fourth-order valence-corrected chi connectivity index (χ4v) is 3.10. The van der Waals surface area contributed by atoms with Crippen molar-refractivity contribution >= 4 is 17.2 Å². The van der Waals surface area contributed by atoms with Gasteiger partial charge in [0, 0.05) is 17.6 Å². The Kier molecular flexibility index (Phi) is 6.17. The number of aliphatic hydroxyl groups is 2. The van der Waals surface area contributed by atoms with Gasteiger partial charge in [0.2, 0.25) is 11.5 Å². The molecule has 2 atom stereocenters. The summed E-state index contributed by atoms with van der Waals surface area (Å²) in [5.74, 6) is -3.56. The number of carbonyl (C=O) groups excluding carboxylic acids is 1. The van der Waals surface area contributed by atoms with E-state index in [2.05, 4.69) is 4.98 Å². The number of benzene rings is 1. The number of aliphatic hydroxyl groups excluding tert-OH is 1. The van der Waals surface area contributed by atoms with Crippen molar-refractivity contribution < 1.29 is 37.0 Å². The Balaban J connectivity index is 2.07. The van der Waals surface area contributed by atoms with Crippen LogP contribution in [0.25, 0.3) is 0 Å². The highest BCUT2D eigenvalue weighted by molar-refractivity contribution is 7.09. The molecular weight excluding hydrogens is 395 g/mol. The number of alkyl halides is 3. The minimum atomic E-state index is -5.16. The monoisotopic (exact) mass is 410 g/mol. The zero-order valence-electron chi connectivity index (χ0n) is 13.8. The molecule has 0 fully saturated rings. The van der Waals surface area contributed by atoms with E-state index in [9.17, 15) is 37.0 Å². The Hall–Kier alpha value is -2.11. The summed E-state index contributed by atoms with van der Waals surface area (Å²) in [7, 11) is 0. The lowest BCUT2D eigenvalue weighted by molar-refractivity contribution is -0.267. The van der Waals surface area contributed by atoms with Crippen molar-refractivity contribution in [3.8, 4) is 0 Å². The molecule has 0 aliphatic heterocycles. The van der Waals surface area contributed by atoms with Gasteiger partial charge in [-0.15, -0.1) is 11.3 Å². The number of aryl methyl sites for hydroxylation is 1. The van der Waals surface area contributed by atoms with Crippen LogP contribution in [0.4, 0.5) is 22.0 Å². The van der Waals surface area contributed by atoms with Gasteiger partial charge in [-0.2, -0.15) is 13.2 Å². The molecule has 1 heterocycles. The van der Waals surface area contributed by atoms with Gasteiger partial charge in [-0.05, 0) is 24.6 Å². The van der Waals surface area contributed by atoms with Crippen molar-refractivity contribution in [2.45, 2.75) is 31.2 Å². The molecule has 0 aliphatic carbocycles. The summed E-state index contributed by atoms with van der Waals surface area (Å²) in [5, 5.41) is 22.6. The summed E-state index contributed by atoms with van der Waals surface area (Å²) < 4.78 is 66.0. The zero-order valence-corrected chi connectivity index (χ0v) is 14.7. The van der Waals surface area contributed by atoms with Crippen LogP contribution >= 0.6 is 11.3 Å². The van der Waals surface area contributed by atoms with E-state index in [1.807, 2.05) is 5.32 Å². The van der Waals surface area contributed by atoms with E-state index >= 15 is 0 Å². The average molecular weight is 410 g/mol. The highest BCUT2D eigenvalue weighted by Crippen LogP contribution is 2.42. The zero-order chi connectivity index (χ0) is 20.4. The number of nitrogens with one attached hydrogen (secondary N) is 1. The predicted octanol–water partition coefficient (Wildman–Crippen LogP) is 2.72. The molecule has 3 N–H and O–H groups in total. The molecule has 0 bridgehead atoms. The number of carbonyl (C=O) groups is 1. The van der Waals surface area contributed by atoms with Crippen molar-refractivity contribution in [3.63, 3.8) is 0 Å². The van der Waals surface area contributed by atoms with Gasteiger partial charge >= 0.3 is 6.18 Å². The highest BCUT2D eigenvalue weighted by Gasteiger charge is 2.58. The van der Waals surface area contributed by atoms with Crippen LogP contribution < -0.4 is 5.32 Å². The summed E-state index contributed by atoms with van der Waals surface area (Å²) in [4.78, 5) is 15.5. The molecule has 2 rings (SSSR count). The predicted molar refractivity (Wildman–Crippen MR) is 85.7 cm³/mol. The quantitative estimate of drug-likeness (QED) is 0.640. The van der Waals surface area contributed by atoms with Gasteiger partial charge < -0.3 is 15.5 Å². The molecule has 27 heavy (non-hydrogen) atoms. The second-order valence-electron chi connectivity index (χ2n) is 5.82. The van der Waals surface area contributed by atoms with E-state index in [0.29, 0.717) is 17.4 Å². The van der Waals surface area contributed by atoms with Crippen LogP contribution in [-0.2, 0) is 10.4 Å². The number of thiazole rings is 1. The molecule has 11 heteroatoms. The minimum absolute atomic E-state index is 0.0733. The number of nitrogens with zero attached hydrogens (tertiary/aromatic N) is 1. The maximum Gasteiger partial charge on any atom is 0.424 e. The molecule has 2 unspecified atom stereocenters. The van der Waals surface area contributed by atoms with Crippen LogP contribution in [-0.4, -0.2) is 33.8 Å². The van der Waals surface area contributed by atoms with Crippen LogP contribution in [0.5, 0.6) is 0 Å². The molecule has 2 aromatic rings. The number of aromatic nitrogens is 1. The van der Waals surface area contributed by atoms with Crippen LogP contribution in [0, 0.1) is 18.6 Å². The Labute approximate surface area is 154 Å². The minimum Gasteiger partial charge on any atom is -0.387 e. The van der Waals surface area contributed by atoms with Crippen LogP contribution in [0.15, 0.2) is 23.6 Å². The molecular formula is C16H15F5N2O3S. The maximum atomic E-state index is 13.3. The van der Waals surface area contributed by atoms with Gasteiger partial charge in [0.1, 0.15) is 5.01 Å². The second kappa shape index (κ2) is 7.87. The lowest BCUT2D eigenvalue weighted by atomic mass is 9.99. The number of rotatable bonds is 6. The Morgan fingerprint density at radius 3 is 2.48 bits per heavy atom. The largest absolute Gasteiger partial charge is 0.424 e. The van der Waals surface area contributed by atoms with E-state index < -0.39 is 53.4 Å². The number of halogens is 5. The standard InChI is InChI=1S/C16H15F5N2O3S/c1-8-7-27-14(23-8)15(26,16(19,20)21)5-13(25)22-6-12(24)9-2-3-10(17)11(18)4-9/h2-4,7,12,24,26H,5-6H2,1H3,(H,22,25). The number of amides is 1. The third kappa shape index (κ3) is 4.79. The van der Waals surface area contributed by atoms with Gasteiger partial charge in [0.05, 0.1) is 12.5 Å². The average Bonchev–Trinajstić information content (AvgIpc) is 3.01. The smallest absolute Gasteiger partial charge is 0.387 e. The van der Waals surface area contributed by atoms with E-state index in [1.54, 1.807) is 0 Å². The topological polar surface area (TPSA) is 82.5 Å². The molecule has 0 aliphatic rings. The lowest BCUT2D eigenvalue weighted by Gasteiger charge is -2.28. The Bertz CT molecular complexity index is 827. The molecule has 0 spiro atoms. The van der Waals surface area contributed by atoms with Crippen molar-refractivity contribution in [1.82, 2.24) is 10.3 Å². The van der Waals surface area contributed by atoms with Crippen molar-refractivity contribution in [2.75, 3.05) is 6.54 Å². The first-order chi connectivity index (χ1) is 12.4. The molecule has 0 saturated carbocycles. The normalized spacial score (nSPS) is 15.3. The first-order valence-electron chi connectivity index (χ1n) is 7.55. The summed E-state index contributed by atoms with van der Waals surface area (Å²) in [6.07, 6.45) is -8.01. The molecule has 1 aromatic carbocycles. The number of hydrogen-bond acceptors (Lipinski definition) is 5. The van der Waals surface area contributed by atoms with Crippen LogP contribution in [0.2, 0.25) is 0 Å². The van der Waals surface area contributed by atoms with Crippen molar-refractivity contribution in [1.29, 1.82) is 0 Å². The Morgan fingerprint density at radius 1 is 1.30 bits per heavy atom. The van der Waals surface area contributed by atoms with E-state index in [1.165, 1.54) is 12.3 Å². The third-order valence-corrected chi connectivity index (χ3v) is 4.79. The fourth-order valence-electron chi connectivity index (χ4n) is 2.18. The summed E-state index contributed by atoms with van der Waals surface area (Å²) >= 11 is 0.562. The molecule has 148 valence electrons. The third-order valence-electron chi connectivity index (χ3n) is 3.68. The van der Waals surface area contributed by atoms with Gasteiger partial charge in [-0.1, -0.05) is 6.07 Å². The molecule has 0 radical (unpaired) electrons. The molecule has 5 nitrogen and oxygen atoms in total. The van der Waals surface area contributed by atoms with Crippen molar-refractivity contribution in [3.05, 3.63) is 51.5 Å². The summed E-state index contributed by atoms with van der Waals surface area (Å²) in [5.41, 5.74) is -3.30. The van der Waals surface area contributed by atoms with E-state index in [-0.39, 0.29) is 11.3 Å². The Morgan fingerprint density at radius 2 is 1.96 bits per heavy atom. The van der Waals surface area contributed by atoms with Gasteiger partial charge in [-0.25, -0.2) is 13.8 Å². The van der Waals surface area contributed by atoms with Crippen molar-refractivity contribution in [2.24, 2.45) is 0 Å². The lowest BCUT2D eigenvalue weighted by Crippen LogP contribution is -2.46. The molecule has 1 aromatic heterocycles. The van der Waals surface area contributed by atoms with Gasteiger partial charge in [0.15, 0.2) is 11.6 Å². The second-order valence-corrected chi connectivity index (χ2v) is 6.68.